The van der Waals surface area contributed by atoms with E-state index in [-0.39, 0.29) is 17.9 Å². The first-order valence-electron chi connectivity index (χ1n) is 11.4. The van der Waals surface area contributed by atoms with Crippen molar-refractivity contribution in [2.75, 3.05) is 14.1 Å². The number of ether oxygens (including phenoxy) is 1. The fourth-order valence-electron chi connectivity index (χ4n) is 4.54. The second kappa shape index (κ2) is 9.06. The maximum atomic E-state index is 12.8. The molecule has 1 atom stereocenters. The number of carbonyl (C=O) groups is 3. The van der Waals surface area contributed by atoms with Crippen LogP contribution in [0.15, 0.2) is 48.5 Å². The third-order valence-corrected chi connectivity index (χ3v) is 6.24. The maximum Gasteiger partial charge on any atom is 0.338 e. The molecule has 0 aliphatic carbocycles. The number of aromatic nitrogens is 1. The van der Waals surface area contributed by atoms with Crippen LogP contribution < -0.4 is 0 Å². The highest BCUT2D eigenvalue weighted by Gasteiger charge is 2.34. The SMILES string of the molecule is CN(C=O)C(=O)C1Cc2c(n(Cc3ccc(C(=O)OC(C)(C)C)cc3)c3ccccc23)CN1C. The van der Waals surface area contributed by atoms with E-state index < -0.39 is 5.60 Å². The van der Waals surface area contributed by atoms with E-state index in [0.717, 1.165) is 32.6 Å². The Morgan fingerprint density at radius 1 is 1.12 bits per heavy atom. The van der Waals surface area contributed by atoms with Gasteiger partial charge in [-0.05, 0) is 63.6 Å². The standard InChI is InChI=1S/C27H31N3O4/c1-27(2,3)34-26(33)19-12-10-18(11-13-19)15-30-22-9-7-6-8-20(22)21-14-23(25(32)29(5)17-31)28(4)16-24(21)30/h6-13,17,23H,14-16H2,1-5H3. The summed E-state index contributed by atoms with van der Waals surface area (Å²) in [5, 5.41) is 1.13. The lowest BCUT2D eigenvalue weighted by atomic mass is 9.96. The van der Waals surface area contributed by atoms with Crippen molar-refractivity contribution in [3.63, 3.8) is 0 Å². The molecule has 178 valence electrons. The topological polar surface area (TPSA) is 71.8 Å². The van der Waals surface area contributed by atoms with Crippen molar-refractivity contribution in [1.82, 2.24) is 14.4 Å². The van der Waals surface area contributed by atoms with Gasteiger partial charge in [-0.2, -0.15) is 0 Å². The second-order valence-corrected chi connectivity index (χ2v) is 9.92. The summed E-state index contributed by atoms with van der Waals surface area (Å²) in [7, 11) is 3.42. The van der Waals surface area contributed by atoms with Gasteiger partial charge in [0.05, 0.1) is 11.6 Å². The number of carbonyl (C=O) groups excluding carboxylic acids is 3. The van der Waals surface area contributed by atoms with Crippen LogP contribution >= 0.6 is 0 Å². The molecule has 7 nitrogen and oxygen atoms in total. The summed E-state index contributed by atoms with van der Waals surface area (Å²) in [4.78, 5) is 39.4. The molecule has 34 heavy (non-hydrogen) atoms. The molecule has 1 unspecified atom stereocenters. The minimum atomic E-state index is -0.537. The number of likely N-dealkylation sites (N-methyl/N-ethyl adjacent to an activating group) is 2. The number of imide groups is 1. The zero-order valence-corrected chi connectivity index (χ0v) is 20.4. The van der Waals surface area contributed by atoms with E-state index in [1.54, 1.807) is 12.1 Å². The quantitative estimate of drug-likeness (QED) is 0.429. The molecule has 2 amide bonds. The highest BCUT2D eigenvalue weighted by Crippen LogP contribution is 2.33. The van der Waals surface area contributed by atoms with Gasteiger partial charge in [0.25, 0.3) is 0 Å². The van der Waals surface area contributed by atoms with Crippen LogP contribution in [0.1, 0.15) is 48.0 Å². The first kappa shape index (κ1) is 23.7. The molecule has 1 aromatic heterocycles. The average molecular weight is 462 g/mol. The molecule has 0 saturated carbocycles. The zero-order chi connectivity index (χ0) is 24.6. The van der Waals surface area contributed by atoms with Crippen molar-refractivity contribution in [3.05, 3.63) is 70.9 Å². The van der Waals surface area contributed by atoms with Crippen molar-refractivity contribution in [1.29, 1.82) is 0 Å². The summed E-state index contributed by atoms with van der Waals surface area (Å²) >= 11 is 0. The molecular weight excluding hydrogens is 430 g/mol. The molecule has 0 spiro atoms. The lowest BCUT2D eigenvalue weighted by Gasteiger charge is -2.33. The van der Waals surface area contributed by atoms with E-state index in [2.05, 4.69) is 16.7 Å². The van der Waals surface area contributed by atoms with Gasteiger partial charge in [0.2, 0.25) is 12.3 Å². The van der Waals surface area contributed by atoms with E-state index in [4.69, 9.17) is 4.74 Å². The Balaban J connectivity index is 1.65. The first-order chi connectivity index (χ1) is 16.1. The van der Waals surface area contributed by atoms with Crippen LogP contribution in [0.5, 0.6) is 0 Å². The van der Waals surface area contributed by atoms with Crippen LogP contribution in [0.3, 0.4) is 0 Å². The zero-order valence-electron chi connectivity index (χ0n) is 20.4. The van der Waals surface area contributed by atoms with Crippen molar-refractivity contribution in [3.8, 4) is 0 Å². The smallest absolute Gasteiger partial charge is 0.338 e. The van der Waals surface area contributed by atoms with Crippen molar-refractivity contribution in [2.45, 2.75) is 51.9 Å². The molecule has 0 saturated heterocycles. The number of benzene rings is 2. The van der Waals surface area contributed by atoms with E-state index in [1.807, 2.05) is 57.0 Å². The number of hydrogen-bond donors (Lipinski definition) is 0. The van der Waals surface area contributed by atoms with Crippen LogP contribution in [0.2, 0.25) is 0 Å². The van der Waals surface area contributed by atoms with Gasteiger partial charge in [-0.25, -0.2) is 4.79 Å². The highest BCUT2D eigenvalue weighted by atomic mass is 16.6. The van der Waals surface area contributed by atoms with Gasteiger partial charge >= 0.3 is 5.97 Å². The van der Waals surface area contributed by atoms with Gasteiger partial charge in [-0.15, -0.1) is 0 Å². The molecule has 2 aromatic carbocycles. The molecule has 2 heterocycles. The van der Waals surface area contributed by atoms with E-state index in [1.165, 1.54) is 7.05 Å². The Hall–Kier alpha value is -3.45. The minimum Gasteiger partial charge on any atom is -0.456 e. The van der Waals surface area contributed by atoms with Crippen LogP contribution in [0.25, 0.3) is 10.9 Å². The van der Waals surface area contributed by atoms with E-state index >= 15 is 0 Å². The molecule has 3 aromatic rings. The van der Waals surface area contributed by atoms with Gasteiger partial charge in [0.15, 0.2) is 0 Å². The van der Waals surface area contributed by atoms with Gasteiger partial charge < -0.3 is 9.30 Å². The van der Waals surface area contributed by atoms with Gasteiger partial charge in [0.1, 0.15) is 5.60 Å². The molecule has 0 radical (unpaired) electrons. The fourth-order valence-corrected chi connectivity index (χ4v) is 4.54. The Morgan fingerprint density at radius 3 is 2.44 bits per heavy atom. The molecule has 7 heteroatoms. The summed E-state index contributed by atoms with van der Waals surface area (Å²) in [6.45, 7) is 6.80. The summed E-state index contributed by atoms with van der Waals surface area (Å²) < 4.78 is 7.75. The predicted molar refractivity (Wildman–Crippen MR) is 130 cm³/mol. The molecule has 4 rings (SSSR count). The first-order valence-corrected chi connectivity index (χ1v) is 11.4. The highest BCUT2D eigenvalue weighted by molar-refractivity contribution is 5.92. The summed E-state index contributed by atoms with van der Waals surface area (Å²) in [5.74, 6) is -0.529. The Bertz CT molecular complexity index is 1240. The van der Waals surface area contributed by atoms with Crippen LogP contribution in [0, 0.1) is 0 Å². The van der Waals surface area contributed by atoms with Crippen LogP contribution in [0.4, 0.5) is 0 Å². The van der Waals surface area contributed by atoms with Gasteiger partial charge in [-0.1, -0.05) is 30.3 Å². The number of fused-ring (bicyclic) bond motifs is 3. The van der Waals surface area contributed by atoms with Crippen LogP contribution in [-0.2, 0) is 33.8 Å². The second-order valence-electron chi connectivity index (χ2n) is 9.92. The normalized spacial score (nSPS) is 16.2. The Morgan fingerprint density at radius 2 is 1.79 bits per heavy atom. The average Bonchev–Trinajstić information content (AvgIpc) is 3.09. The van der Waals surface area contributed by atoms with E-state index in [0.29, 0.717) is 31.5 Å². The van der Waals surface area contributed by atoms with Crippen molar-refractivity contribution < 1.29 is 19.1 Å². The van der Waals surface area contributed by atoms with Crippen molar-refractivity contribution >= 4 is 29.2 Å². The number of rotatable bonds is 5. The summed E-state index contributed by atoms with van der Waals surface area (Å²) in [6.07, 6.45) is 1.11. The number of amides is 2. The monoisotopic (exact) mass is 461 g/mol. The summed E-state index contributed by atoms with van der Waals surface area (Å²) in [5.41, 5.74) is 4.48. The molecule has 0 N–H and O–H groups in total. The summed E-state index contributed by atoms with van der Waals surface area (Å²) in [6, 6.07) is 15.3. The molecule has 1 aliphatic heterocycles. The Kier molecular flexibility index (Phi) is 6.32. The number of nitrogens with zero attached hydrogens (tertiary/aromatic N) is 3. The molecule has 0 bridgehead atoms. The van der Waals surface area contributed by atoms with Crippen LogP contribution in [-0.4, -0.2) is 58.4 Å². The minimum absolute atomic E-state index is 0.197. The lowest BCUT2D eigenvalue weighted by molar-refractivity contribution is -0.141. The largest absolute Gasteiger partial charge is 0.456 e. The fraction of sp³-hybridized carbons (Fsp3) is 0.370. The van der Waals surface area contributed by atoms with Gasteiger partial charge in [0, 0.05) is 36.7 Å². The molecular formula is C27H31N3O4. The molecule has 1 aliphatic rings. The Labute approximate surface area is 199 Å². The van der Waals surface area contributed by atoms with E-state index in [9.17, 15) is 14.4 Å². The number of para-hydroxylation sites is 1. The third-order valence-electron chi connectivity index (χ3n) is 6.24. The lowest BCUT2D eigenvalue weighted by Crippen LogP contribution is -2.48. The number of esters is 1. The maximum absolute atomic E-state index is 12.8. The third kappa shape index (κ3) is 4.61. The number of hydrogen-bond acceptors (Lipinski definition) is 5. The predicted octanol–water partition coefficient (Wildman–Crippen LogP) is 3.62. The van der Waals surface area contributed by atoms with Crippen molar-refractivity contribution in [2.24, 2.45) is 0 Å². The molecule has 0 fully saturated rings. The van der Waals surface area contributed by atoms with Gasteiger partial charge in [-0.3, -0.25) is 19.4 Å².